The van der Waals surface area contributed by atoms with Crippen LogP contribution >= 0.6 is 0 Å². The van der Waals surface area contributed by atoms with Gasteiger partial charge in [-0.2, -0.15) is 0 Å². The smallest absolute Gasteiger partial charge is 0.220 e. The summed E-state index contributed by atoms with van der Waals surface area (Å²) in [6, 6.07) is 1.41. The quantitative estimate of drug-likeness (QED) is 0.710. The summed E-state index contributed by atoms with van der Waals surface area (Å²) >= 11 is 0. The summed E-state index contributed by atoms with van der Waals surface area (Å²) in [6.45, 7) is 0.896. The van der Waals surface area contributed by atoms with E-state index in [1.807, 2.05) is 0 Å². The second-order valence-corrected chi connectivity index (χ2v) is 6.61. The van der Waals surface area contributed by atoms with Gasteiger partial charge in [0.2, 0.25) is 5.91 Å². The third-order valence-electron chi connectivity index (χ3n) is 4.85. The second-order valence-electron chi connectivity index (χ2n) is 6.61. The monoisotopic (exact) mass is 250 g/mol. The predicted octanol–water partition coefficient (Wildman–Crippen LogP) is 2.21. The minimum atomic E-state index is 0.289. The van der Waals surface area contributed by atoms with Crippen molar-refractivity contribution in [2.24, 2.45) is 11.8 Å². The van der Waals surface area contributed by atoms with Gasteiger partial charge in [-0.15, -0.1) is 0 Å². The number of carbonyl (C=O) groups is 1. The molecule has 2 bridgehead atoms. The molecule has 2 aliphatic heterocycles. The van der Waals surface area contributed by atoms with Crippen molar-refractivity contribution in [2.45, 2.75) is 69.9 Å². The Kier molecular flexibility index (Phi) is 3.88. The van der Waals surface area contributed by atoms with Gasteiger partial charge in [0.25, 0.3) is 0 Å². The van der Waals surface area contributed by atoms with Crippen LogP contribution in [0.4, 0.5) is 0 Å². The van der Waals surface area contributed by atoms with E-state index < -0.39 is 0 Å². The molecular weight excluding hydrogens is 224 g/mol. The SMILES string of the molecule is O=C(CC1CC2CCC(C1)N2)NCCCC1CC1. The van der Waals surface area contributed by atoms with Gasteiger partial charge in [0, 0.05) is 25.0 Å². The highest BCUT2D eigenvalue weighted by atomic mass is 16.1. The van der Waals surface area contributed by atoms with Gasteiger partial charge in [-0.3, -0.25) is 4.79 Å². The van der Waals surface area contributed by atoms with Crippen LogP contribution < -0.4 is 10.6 Å². The molecule has 102 valence electrons. The zero-order chi connectivity index (χ0) is 12.4. The number of piperidine rings is 1. The highest BCUT2D eigenvalue weighted by Crippen LogP contribution is 2.33. The molecule has 1 saturated carbocycles. The lowest BCUT2D eigenvalue weighted by Gasteiger charge is -2.28. The Morgan fingerprint density at radius 1 is 1.06 bits per heavy atom. The highest BCUT2D eigenvalue weighted by molar-refractivity contribution is 5.76. The van der Waals surface area contributed by atoms with Crippen LogP contribution in [0, 0.1) is 11.8 Å². The van der Waals surface area contributed by atoms with Crippen molar-refractivity contribution in [1.82, 2.24) is 10.6 Å². The Morgan fingerprint density at radius 3 is 2.44 bits per heavy atom. The van der Waals surface area contributed by atoms with Crippen LogP contribution in [-0.2, 0) is 4.79 Å². The molecule has 2 N–H and O–H groups in total. The first-order valence-corrected chi connectivity index (χ1v) is 7.82. The molecule has 0 aromatic rings. The third-order valence-corrected chi connectivity index (χ3v) is 4.85. The van der Waals surface area contributed by atoms with Crippen molar-refractivity contribution in [1.29, 1.82) is 0 Å². The van der Waals surface area contributed by atoms with E-state index >= 15 is 0 Å². The van der Waals surface area contributed by atoms with Gasteiger partial charge >= 0.3 is 0 Å². The molecule has 1 aliphatic carbocycles. The molecule has 0 aromatic heterocycles. The summed E-state index contributed by atoms with van der Waals surface area (Å²) in [5.74, 6) is 1.91. The van der Waals surface area contributed by atoms with Crippen LogP contribution in [0.1, 0.15) is 57.8 Å². The van der Waals surface area contributed by atoms with Crippen molar-refractivity contribution < 1.29 is 4.79 Å². The Labute approximate surface area is 110 Å². The lowest BCUT2D eigenvalue weighted by Crippen LogP contribution is -2.39. The molecule has 2 saturated heterocycles. The molecule has 0 spiro atoms. The standard InChI is InChI=1S/C15H26N2O/c18-15(16-7-1-2-11-3-4-11)10-12-8-13-5-6-14(9-12)17-13/h11-14,17H,1-10H2,(H,16,18). The molecule has 2 atom stereocenters. The van der Waals surface area contributed by atoms with Crippen molar-refractivity contribution in [3.05, 3.63) is 0 Å². The Balaban J connectivity index is 1.30. The lowest BCUT2D eigenvalue weighted by atomic mass is 9.89. The normalized spacial score (nSPS) is 34.6. The molecule has 3 fully saturated rings. The first-order chi connectivity index (χ1) is 8.79. The van der Waals surface area contributed by atoms with Gasteiger partial charge in [0.05, 0.1) is 0 Å². The summed E-state index contributed by atoms with van der Waals surface area (Å²) in [5, 5.41) is 6.74. The summed E-state index contributed by atoms with van der Waals surface area (Å²) in [6.07, 6.45) is 11.2. The fourth-order valence-corrected chi connectivity index (χ4v) is 3.70. The maximum absolute atomic E-state index is 11.9. The van der Waals surface area contributed by atoms with E-state index in [0.717, 1.165) is 18.9 Å². The molecule has 1 amide bonds. The molecule has 2 heterocycles. The van der Waals surface area contributed by atoms with E-state index in [9.17, 15) is 4.79 Å². The van der Waals surface area contributed by atoms with Crippen molar-refractivity contribution in [3.8, 4) is 0 Å². The molecule has 3 rings (SSSR count). The maximum Gasteiger partial charge on any atom is 0.220 e. The topological polar surface area (TPSA) is 41.1 Å². The van der Waals surface area contributed by atoms with E-state index in [4.69, 9.17) is 0 Å². The first-order valence-electron chi connectivity index (χ1n) is 7.82. The van der Waals surface area contributed by atoms with Gasteiger partial charge in [-0.05, 0) is 50.4 Å². The fraction of sp³-hybridized carbons (Fsp3) is 0.933. The number of amides is 1. The number of carbonyl (C=O) groups excluding carboxylic acids is 1. The maximum atomic E-state index is 11.9. The van der Waals surface area contributed by atoms with Gasteiger partial charge in [0.1, 0.15) is 0 Å². The summed E-state index contributed by atoms with van der Waals surface area (Å²) in [4.78, 5) is 11.9. The van der Waals surface area contributed by atoms with Crippen molar-refractivity contribution in [2.75, 3.05) is 6.54 Å². The van der Waals surface area contributed by atoms with E-state index in [-0.39, 0.29) is 5.91 Å². The average molecular weight is 250 g/mol. The molecular formula is C15H26N2O. The van der Waals surface area contributed by atoms with Crippen LogP contribution in [0.25, 0.3) is 0 Å². The highest BCUT2D eigenvalue weighted by Gasteiger charge is 2.34. The van der Waals surface area contributed by atoms with Crippen LogP contribution in [0.2, 0.25) is 0 Å². The first kappa shape index (κ1) is 12.5. The largest absolute Gasteiger partial charge is 0.356 e. The summed E-state index contributed by atoms with van der Waals surface area (Å²) in [7, 11) is 0. The van der Waals surface area contributed by atoms with Crippen LogP contribution in [0.15, 0.2) is 0 Å². The third kappa shape index (κ3) is 3.47. The molecule has 3 heteroatoms. The predicted molar refractivity (Wildman–Crippen MR) is 72.3 cm³/mol. The van der Waals surface area contributed by atoms with Gasteiger partial charge in [-0.1, -0.05) is 12.8 Å². The molecule has 3 aliphatic rings. The number of fused-ring (bicyclic) bond motifs is 2. The minimum absolute atomic E-state index is 0.289. The van der Waals surface area contributed by atoms with E-state index in [1.165, 1.54) is 51.4 Å². The van der Waals surface area contributed by atoms with Gasteiger partial charge < -0.3 is 10.6 Å². The summed E-state index contributed by atoms with van der Waals surface area (Å²) < 4.78 is 0. The Morgan fingerprint density at radius 2 is 1.78 bits per heavy atom. The van der Waals surface area contributed by atoms with E-state index in [1.54, 1.807) is 0 Å². The zero-order valence-electron chi connectivity index (χ0n) is 11.3. The molecule has 0 radical (unpaired) electrons. The molecule has 0 aromatic carbocycles. The van der Waals surface area contributed by atoms with Crippen molar-refractivity contribution in [3.63, 3.8) is 0 Å². The number of hydrogen-bond donors (Lipinski definition) is 2. The van der Waals surface area contributed by atoms with Crippen molar-refractivity contribution >= 4 is 5.91 Å². The Hall–Kier alpha value is -0.570. The lowest BCUT2D eigenvalue weighted by molar-refractivity contribution is -0.122. The van der Waals surface area contributed by atoms with Crippen LogP contribution in [0.5, 0.6) is 0 Å². The average Bonchev–Trinajstić information content (AvgIpc) is 3.10. The molecule has 2 unspecified atom stereocenters. The Bertz CT molecular complexity index is 289. The number of hydrogen-bond acceptors (Lipinski definition) is 2. The zero-order valence-corrected chi connectivity index (χ0v) is 11.3. The molecule has 18 heavy (non-hydrogen) atoms. The summed E-state index contributed by atoms with van der Waals surface area (Å²) in [5.41, 5.74) is 0. The van der Waals surface area contributed by atoms with Gasteiger partial charge in [-0.25, -0.2) is 0 Å². The minimum Gasteiger partial charge on any atom is -0.356 e. The fourth-order valence-electron chi connectivity index (χ4n) is 3.70. The number of rotatable bonds is 6. The van der Waals surface area contributed by atoms with E-state index in [2.05, 4.69) is 10.6 Å². The second kappa shape index (κ2) is 5.60. The van der Waals surface area contributed by atoms with E-state index in [0.29, 0.717) is 18.0 Å². The van der Waals surface area contributed by atoms with Crippen LogP contribution in [0.3, 0.4) is 0 Å². The molecule has 3 nitrogen and oxygen atoms in total. The van der Waals surface area contributed by atoms with Crippen LogP contribution in [-0.4, -0.2) is 24.5 Å². The number of nitrogens with one attached hydrogen (secondary N) is 2. The van der Waals surface area contributed by atoms with Gasteiger partial charge in [0.15, 0.2) is 0 Å².